The molecule has 1 aromatic rings. The quantitative estimate of drug-likeness (QED) is 0.726. The van der Waals surface area contributed by atoms with Gasteiger partial charge < -0.3 is 19.4 Å². The number of hydrogen-bond donors (Lipinski definition) is 0. The Labute approximate surface area is 160 Å². The van der Waals surface area contributed by atoms with E-state index in [-0.39, 0.29) is 18.0 Å². The summed E-state index contributed by atoms with van der Waals surface area (Å²) in [6, 6.07) is 8.33. The minimum Gasteiger partial charge on any atom is -0.378 e. The van der Waals surface area contributed by atoms with Crippen LogP contribution in [0.1, 0.15) is 11.1 Å². The van der Waals surface area contributed by atoms with E-state index in [2.05, 4.69) is 23.1 Å². The standard InChI is InChI=1S/C20H28N4O3/c1-21-15-17-5-3-2-4-16(17)14-18(21)19(25)22-6-8-23(9-7-22)20(26)24-10-12-27-13-11-24/h2-5,18H,6-15H2,1H3/t18-/m1/s1. The maximum atomic E-state index is 13.1. The van der Waals surface area contributed by atoms with Crippen LogP contribution in [0.3, 0.4) is 0 Å². The van der Waals surface area contributed by atoms with Gasteiger partial charge in [0.1, 0.15) is 0 Å². The number of benzene rings is 1. The van der Waals surface area contributed by atoms with E-state index < -0.39 is 0 Å². The highest BCUT2D eigenvalue weighted by atomic mass is 16.5. The number of ether oxygens (including phenoxy) is 1. The third kappa shape index (κ3) is 3.80. The third-order valence-electron chi connectivity index (χ3n) is 5.91. The Morgan fingerprint density at radius 3 is 2.19 bits per heavy atom. The van der Waals surface area contributed by atoms with Crippen molar-refractivity contribution >= 4 is 11.9 Å². The lowest BCUT2D eigenvalue weighted by Crippen LogP contribution is -2.58. The number of amides is 3. The van der Waals surface area contributed by atoms with Gasteiger partial charge in [0.2, 0.25) is 5.91 Å². The Kier molecular flexibility index (Phi) is 5.31. The number of carbonyl (C=O) groups is 2. The Balaban J connectivity index is 1.34. The molecule has 2 fully saturated rings. The van der Waals surface area contributed by atoms with Gasteiger partial charge in [0.05, 0.1) is 19.3 Å². The molecule has 0 aromatic heterocycles. The molecule has 0 spiro atoms. The van der Waals surface area contributed by atoms with Crippen LogP contribution >= 0.6 is 0 Å². The topological polar surface area (TPSA) is 56.3 Å². The van der Waals surface area contributed by atoms with Crippen LogP contribution < -0.4 is 0 Å². The van der Waals surface area contributed by atoms with Crippen molar-refractivity contribution in [1.82, 2.24) is 19.6 Å². The van der Waals surface area contributed by atoms with E-state index in [9.17, 15) is 9.59 Å². The fraction of sp³-hybridized carbons (Fsp3) is 0.600. The third-order valence-corrected chi connectivity index (χ3v) is 5.91. The van der Waals surface area contributed by atoms with Crippen LogP contribution in [-0.2, 0) is 22.5 Å². The van der Waals surface area contributed by atoms with Gasteiger partial charge in [-0.3, -0.25) is 9.69 Å². The van der Waals surface area contributed by atoms with Gasteiger partial charge in [-0.1, -0.05) is 24.3 Å². The van der Waals surface area contributed by atoms with Crippen LogP contribution in [0.2, 0.25) is 0 Å². The lowest BCUT2D eigenvalue weighted by atomic mass is 9.93. The summed E-state index contributed by atoms with van der Waals surface area (Å²) >= 11 is 0. The van der Waals surface area contributed by atoms with Crippen molar-refractivity contribution in [2.24, 2.45) is 0 Å². The van der Waals surface area contributed by atoms with E-state index in [0.717, 1.165) is 13.0 Å². The van der Waals surface area contributed by atoms with Crippen LogP contribution in [0.15, 0.2) is 24.3 Å². The van der Waals surface area contributed by atoms with Crippen molar-refractivity contribution in [1.29, 1.82) is 0 Å². The smallest absolute Gasteiger partial charge is 0.320 e. The van der Waals surface area contributed by atoms with Gasteiger partial charge in [0, 0.05) is 45.8 Å². The number of carbonyl (C=O) groups excluding carboxylic acids is 2. The Hall–Kier alpha value is -2.12. The zero-order chi connectivity index (χ0) is 18.8. The fourth-order valence-corrected chi connectivity index (χ4v) is 4.21. The largest absolute Gasteiger partial charge is 0.378 e. The van der Waals surface area contributed by atoms with Crippen molar-refractivity contribution in [3.8, 4) is 0 Å². The van der Waals surface area contributed by atoms with E-state index >= 15 is 0 Å². The predicted octanol–water partition coefficient (Wildman–Crippen LogP) is 0.640. The molecule has 1 aromatic carbocycles. The Morgan fingerprint density at radius 1 is 0.889 bits per heavy atom. The number of morpholine rings is 1. The highest BCUT2D eigenvalue weighted by Crippen LogP contribution is 2.23. The van der Waals surface area contributed by atoms with E-state index in [1.165, 1.54) is 11.1 Å². The maximum absolute atomic E-state index is 13.1. The molecular formula is C20H28N4O3. The summed E-state index contributed by atoms with van der Waals surface area (Å²) in [6.07, 6.45) is 0.762. The van der Waals surface area contributed by atoms with Crippen LogP contribution in [0.5, 0.6) is 0 Å². The molecule has 0 saturated carbocycles. The van der Waals surface area contributed by atoms with Gasteiger partial charge in [-0.05, 0) is 24.6 Å². The average molecular weight is 372 g/mol. The van der Waals surface area contributed by atoms with Gasteiger partial charge in [-0.2, -0.15) is 0 Å². The molecule has 0 bridgehead atoms. The first kappa shape index (κ1) is 18.3. The molecule has 0 radical (unpaired) electrons. The molecule has 3 heterocycles. The molecule has 146 valence electrons. The van der Waals surface area contributed by atoms with Crippen LogP contribution in [0.4, 0.5) is 4.79 Å². The van der Waals surface area contributed by atoms with E-state index in [1.807, 2.05) is 27.8 Å². The highest BCUT2D eigenvalue weighted by molar-refractivity contribution is 5.83. The summed E-state index contributed by atoms with van der Waals surface area (Å²) in [5, 5.41) is 0. The first-order chi connectivity index (χ1) is 13.1. The molecular weight excluding hydrogens is 344 g/mol. The number of fused-ring (bicyclic) bond motifs is 1. The minimum atomic E-state index is -0.110. The van der Waals surface area contributed by atoms with Crippen LogP contribution in [0.25, 0.3) is 0 Å². The predicted molar refractivity (Wildman–Crippen MR) is 101 cm³/mol. The normalized spacial score (nSPS) is 23.9. The molecule has 3 amide bonds. The average Bonchev–Trinajstić information content (AvgIpc) is 2.73. The van der Waals surface area contributed by atoms with E-state index in [4.69, 9.17) is 4.74 Å². The van der Waals surface area contributed by atoms with Gasteiger partial charge in [-0.15, -0.1) is 0 Å². The molecule has 3 aliphatic heterocycles. The van der Waals surface area contributed by atoms with Crippen molar-refractivity contribution in [2.45, 2.75) is 19.0 Å². The molecule has 4 rings (SSSR count). The zero-order valence-electron chi connectivity index (χ0n) is 16.0. The lowest BCUT2D eigenvalue weighted by Gasteiger charge is -2.41. The molecule has 0 N–H and O–H groups in total. The second-order valence-corrected chi connectivity index (χ2v) is 7.60. The highest BCUT2D eigenvalue weighted by Gasteiger charge is 2.34. The summed E-state index contributed by atoms with van der Waals surface area (Å²) in [4.78, 5) is 33.5. The molecule has 1 atom stereocenters. The van der Waals surface area contributed by atoms with Crippen molar-refractivity contribution in [2.75, 3.05) is 59.5 Å². The van der Waals surface area contributed by atoms with Crippen molar-refractivity contribution in [3.05, 3.63) is 35.4 Å². The minimum absolute atomic E-state index is 0.0779. The first-order valence-corrected chi connectivity index (χ1v) is 9.81. The molecule has 27 heavy (non-hydrogen) atoms. The number of likely N-dealkylation sites (N-methyl/N-ethyl adjacent to an activating group) is 1. The zero-order valence-corrected chi connectivity index (χ0v) is 16.0. The van der Waals surface area contributed by atoms with E-state index in [1.54, 1.807) is 0 Å². The number of rotatable bonds is 1. The molecule has 7 heteroatoms. The number of hydrogen-bond acceptors (Lipinski definition) is 4. The Bertz CT molecular complexity index is 696. The number of nitrogens with zero attached hydrogens (tertiary/aromatic N) is 4. The van der Waals surface area contributed by atoms with Crippen LogP contribution in [-0.4, -0.2) is 97.1 Å². The number of piperazine rings is 1. The van der Waals surface area contributed by atoms with Crippen LogP contribution in [0, 0.1) is 0 Å². The van der Waals surface area contributed by atoms with Gasteiger partial charge in [-0.25, -0.2) is 4.79 Å². The first-order valence-electron chi connectivity index (χ1n) is 9.81. The molecule has 0 unspecified atom stereocenters. The summed E-state index contributed by atoms with van der Waals surface area (Å²) < 4.78 is 5.32. The summed E-state index contributed by atoms with van der Waals surface area (Å²) in [5.41, 5.74) is 2.58. The van der Waals surface area contributed by atoms with Crippen molar-refractivity contribution < 1.29 is 14.3 Å². The fourth-order valence-electron chi connectivity index (χ4n) is 4.21. The van der Waals surface area contributed by atoms with Gasteiger partial charge in [0.15, 0.2) is 0 Å². The molecule has 3 aliphatic rings. The summed E-state index contributed by atoms with van der Waals surface area (Å²) in [5.74, 6) is 0.186. The second kappa shape index (κ2) is 7.86. The van der Waals surface area contributed by atoms with Gasteiger partial charge in [0.25, 0.3) is 0 Å². The molecule has 2 saturated heterocycles. The summed E-state index contributed by atoms with van der Waals surface area (Å²) in [6.45, 7) is 5.78. The Morgan fingerprint density at radius 2 is 1.48 bits per heavy atom. The number of urea groups is 1. The van der Waals surface area contributed by atoms with E-state index in [0.29, 0.717) is 52.5 Å². The SMILES string of the molecule is CN1Cc2ccccc2C[C@@H]1C(=O)N1CCN(C(=O)N2CCOCC2)CC1. The molecule has 7 nitrogen and oxygen atoms in total. The lowest BCUT2D eigenvalue weighted by molar-refractivity contribution is -0.138. The second-order valence-electron chi connectivity index (χ2n) is 7.60. The monoisotopic (exact) mass is 372 g/mol. The molecule has 0 aliphatic carbocycles. The van der Waals surface area contributed by atoms with Gasteiger partial charge >= 0.3 is 6.03 Å². The maximum Gasteiger partial charge on any atom is 0.320 e. The summed E-state index contributed by atoms with van der Waals surface area (Å²) in [7, 11) is 2.02. The van der Waals surface area contributed by atoms with Crippen molar-refractivity contribution in [3.63, 3.8) is 0 Å².